The van der Waals surface area contributed by atoms with E-state index in [9.17, 15) is 18.0 Å². The Balaban J connectivity index is 2.25. The summed E-state index contributed by atoms with van der Waals surface area (Å²) in [5.74, 6) is -1.74. The van der Waals surface area contributed by atoms with Gasteiger partial charge in [-0.05, 0) is 39.5 Å². The van der Waals surface area contributed by atoms with Crippen LogP contribution in [0.1, 0.15) is 39.5 Å². The SMILES string of the molecule is CC(C)OCCS(=O)(=O)NCC(=O)NC1CCC(C(=O)O)CC1. The molecular weight excluding hydrogens is 324 g/mol. The first-order valence-electron chi connectivity index (χ1n) is 7.80. The van der Waals surface area contributed by atoms with E-state index >= 15 is 0 Å². The Morgan fingerprint density at radius 3 is 2.35 bits per heavy atom. The van der Waals surface area contributed by atoms with Crippen molar-refractivity contribution in [3.63, 3.8) is 0 Å². The molecule has 0 bridgehead atoms. The van der Waals surface area contributed by atoms with Gasteiger partial charge in [0.25, 0.3) is 0 Å². The summed E-state index contributed by atoms with van der Waals surface area (Å²) in [7, 11) is -3.55. The number of carboxylic acid groups (broad SMARTS) is 1. The number of carbonyl (C=O) groups excluding carboxylic acids is 1. The van der Waals surface area contributed by atoms with Gasteiger partial charge in [0.1, 0.15) is 0 Å². The molecule has 0 saturated heterocycles. The molecular formula is C14H26N2O6S. The summed E-state index contributed by atoms with van der Waals surface area (Å²) in [6.07, 6.45) is 2.20. The lowest BCUT2D eigenvalue weighted by atomic mass is 9.86. The predicted molar refractivity (Wildman–Crippen MR) is 84.4 cm³/mol. The molecule has 134 valence electrons. The summed E-state index contributed by atoms with van der Waals surface area (Å²) < 4.78 is 30.8. The van der Waals surface area contributed by atoms with Crippen molar-refractivity contribution < 1.29 is 27.9 Å². The average molecular weight is 350 g/mol. The van der Waals surface area contributed by atoms with Gasteiger partial charge < -0.3 is 15.2 Å². The maximum Gasteiger partial charge on any atom is 0.306 e. The Morgan fingerprint density at radius 1 is 1.22 bits per heavy atom. The van der Waals surface area contributed by atoms with Crippen LogP contribution in [0.25, 0.3) is 0 Å². The molecule has 1 rings (SSSR count). The fraction of sp³-hybridized carbons (Fsp3) is 0.857. The van der Waals surface area contributed by atoms with Crippen LogP contribution >= 0.6 is 0 Å². The van der Waals surface area contributed by atoms with Gasteiger partial charge >= 0.3 is 5.97 Å². The number of amides is 1. The zero-order valence-corrected chi connectivity index (χ0v) is 14.4. The van der Waals surface area contributed by atoms with Crippen molar-refractivity contribution in [1.29, 1.82) is 0 Å². The minimum atomic E-state index is -3.55. The molecule has 3 N–H and O–H groups in total. The summed E-state index contributed by atoms with van der Waals surface area (Å²) in [6.45, 7) is 3.38. The zero-order valence-electron chi connectivity index (χ0n) is 13.6. The van der Waals surface area contributed by atoms with E-state index in [1.807, 2.05) is 13.8 Å². The number of carboxylic acids is 1. The highest BCUT2D eigenvalue weighted by Crippen LogP contribution is 2.24. The maximum absolute atomic E-state index is 11.8. The van der Waals surface area contributed by atoms with Crippen molar-refractivity contribution in [2.45, 2.75) is 51.7 Å². The molecule has 0 unspecified atom stereocenters. The molecule has 1 amide bonds. The second-order valence-electron chi connectivity index (χ2n) is 6.01. The summed E-state index contributed by atoms with van der Waals surface area (Å²) >= 11 is 0. The van der Waals surface area contributed by atoms with Gasteiger partial charge in [0.2, 0.25) is 15.9 Å². The van der Waals surface area contributed by atoms with Crippen molar-refractivity contribution in [3.8, 4) is 0 Å². The van der Waals surface area contributed by atoms with E-state index in [1.165, 1.54) is 0 Å². The molecule has 0 aromatic heterocycles. The van der Waals surface area contributed by atoms with Crippen LogP contribution in [0, 0.1) is 5.92 Å². The minimum Gasteiger partial charge on any atom is -0.481 e. The Bertz CT molecular complexity index is 497. The van der Waals surface area contributed by atoms with Gasteiger partial charge in [-0.25, -0.2) is 13.1 Å². The van der Waals surface area contributed by atoms with Crippen molar-refractivity contribution in [1.82, 2.24) is 10.0 Å². The fourth-order valence-electron chi connectivity index (χ4n) is 2.40. The summed E-state index contributed by atoms with van der Waals surface area (Å²) in [5, 5.41) is 11.6. The van der Waals surface area contributed by atoms with Crippen molar-refractivity contribution >= 4 is 21.9 Å². The van der Waals surface area contributed by atoms with Crippen LogP contribution in [0.5, 0.6) is 0 Å². The molecule has 1 saturated carbocycles. The number of nitrogens with one attached hydrogen (secondary N) is 2. The number of ether oxygens (including phenoxy) is 1. The third-order valence-electron chi connectivity index (χ3n) is 3.70. The first kappa shape index (κ1) is 19.9. The molecule has 23 heavy (non-hydrogen) atoms. The first-order valence-corrected chi connectivity index (χ1v) is 9.46. The monoisotopic (exact) mass is 350 g/mol. The standard InChI is InChI=1S/C14H26N2O6S/c1-10(2)22-7-8-23(20,21)15-9-13(17)16-12-5-3-11(4-6-12)14(18)19/h10-12,15H,3-9H2,1-2H3,(H,16,17)(H,18,19). The predicted octanol–water partition coefficient (Wildman–Crippen LogP) is 0.0904. The largest absolute Gasteiger partial charge is 0.481 e. The topological polar surface area (TPSA) is 122 Å². The molecule has 0 aromatic carbocycles. The molecule has 0 aliphatic heterocycles. The zero-order chi connectivity index (χ0) is 17.5. The lowest BCUT2D eigenvalue weighted by molar-refractivity contribution is -0.142. The summed E-state index contributed by atoms with van der Waals surface area (Å²) in [6, 6.07) is -0.0909. The van der Waals surface area contributed by atoms with Crippen molar-refractivity contribution in [3.05, 3.63) is 0 Å². The third kappa shape index (κ3) is 8.29. The molecule has 0 spiro atoms. The van der Waals surface area contributed by atoms with Gasteiger partial charge in [0.15, 0.2) is 0 Å². The number of hydrogen-bond donors (Lipinski definition) is 3. The Hall–Kier alpha value is -1.19. The van der Waals surface area contributed by atoms with Crippen LogP contribution in [0.4, 0.5) is 0 Å². The fourth-order valence-corrected chi connectivity index (χ4v) is 3.22. The van der Waals surface area contributed by atoms with Gasteiger partial charge in [0, 0.05) is 6.04 Å². The second-order valence-corrected chi connectivity index (χ2v) is 7.94. The number of aliphatic carboxylic acids is 1. The van der Waals surface area contributed by atoms with E-state index in [2.05, 4.69) is 10.0 Å². The molecule has 0 atom stereocenters. The molecule has 1 aliphatic rings. The van der Waals surface area contributed by atoms with Gasteiger partial charge in [0.05, 0.1) is 30.9 Å². The minimum absolute atomic E-state index is 0.0468. The van der Waals surface area contributed by atoms with E-state index in [1.54, 1.807) is 0 Å². The highest BCUT2D eigenvalue weighted by molar-refractivity contribution is 7.89. The van der Waals surface area contributed by atoms with E-state index in [0.717, 1.165) is 0 Å². The number of rotatable bonds is 9. The number of sulfonamides is 1. The molecule has 0 aromatic rings. The summed E-state index contributed by atoms with van der Waals surface area (Å²) in [4.78, 5) is 22.6. The van der Waals surface area contributed by atoms with Gasteiger partial charge in [-0.2, -0.15) is 0 Å². The Kier molecular flexibility index (Phi) is 7.93. The average Bonchev–Trinajstić information content (AvgIpc) is 2.45. The van der Waals surface area contributed by atoms with E-state index in [0.29, 0.717) is 25.7 Å². The second kappa shape index (κ2) is 9.19. The quantitative estimate of drug-likeness (QED) is 0.542. The van der Waals surface area contributed by atoms with Crippen LogP contribution in [0.2, 0.25) is 0 Å². The highest BCUT2D eigenvalue weighted by Gasteiger charge is 2.26. The molecule has 9 heteroatoms. The van der Waals surface area contributed by atoms with Crippen LogP contribution in [-0.4, -0.2) is 56.5 Å². The Labute approximate surface area is 137 Å². The molecule has 0 heterocycles. The summed E-state index contributed by atoms with van der Waals surface area (Å²) in [5.41, 5.74) is 0. The number of carbonyl (C=O) groups is 2. The lowest BCUT2D eigenvalue weighted by Gasteiger charge is -2.26. The van der Waals surface area contributed by atoms with Crippen LogP contribution in [0.3, 0.4) is 0 Å². The molecule has 0 radical (unpaired) electrons. The van der Waals surface area contributed by atoms with Gasteiger partial charge in [-0.3, -0.25) is 9.59 Å². The normalized spacial score (nSPS) is 22.0. The van der Waals surface area contributed by atoms with E-state index < -0.39 is 21.9 Å². The maximum atomic E-state index is 11.8. The third-order valence-corrected chi connectivity index (χ3v) is 4.99. The first-order chi connectivity index (χ1) is 10.7. The lowest BCUT2D eigenvalue weighted by Crippen LogP contribution is -2.44. The van der Waals surface area contributed by atoms with Crippen molar-refractivity contribution in [2.24, 2.45) is 5.92 Å². The van der Waals surface area contributed by atoms with E-state index in [-0.39, 0.29) is 37.0 Å². The molecule has 8 nitrogen and oxygen atoms in total. The van der Waals surface area contributed by atoms with Gasteiger partial charge in [-0.15, -0.1) is 0 Å². The Morgan fingerprint density at radius 2 is 1.83 bits per heavy atom. The van der Waals surface area contributed by atoms with Gasteiger partial charge in [-0.1, -0.05) is 0 Å². The van der Waals surface area contributed by atoms with Crippen molar-refractivity contribution in [2.75, 3.05) is 18.9 Å². The highest BCUT2D eigenvalue weighted by atomic mass is 32.2. The smallest absolute Gasteiger partial charge is 0.306 e. The molecule has 1 aliphatic carbocycles. The van der Waals surface area contributed by atoms with Crippen LogP contribution in [0.15, 0.2) is 0 Å². The number of hydrogen-bond acceptors (Lipinski definition) is 5. The van der Waals surface area contributed by atoms with E-state index in [4.69, 9.17) is 9.84 Å². The van der Waals surface area contributed by atoms with Crippen LogP contribution < -0.4 is 10.0 Å². The van der Waals surface area contributed by atoms with Crippen LogP contribution in [-0.2, 0) is 24.3 Å². The molecule has 1 fully saturated rings.